The highest BCUT2D eigenvalue weighted by Crippen LogP contribution is 2.09. The number of nitrogens with zero attached hydrogens (tertiary/aromatic N) is 3. The number of amides is 1. The third kappa shape index (κ3) is 3.52. The first-order valence-electron chi connectivity index (χ1n) is 5.35. The first kappa shape index (κ1) is 13.0. The molecule has 0 saturated heterocycles. The Morgan fingerprint density at radius 2 is 2.44 bits per heavy atom. The zero-order valence-electron chi connectivity index (χ0n) is 9.93. The molecule has 0 spiro atoms. The van der Waals surface area contributed by atoms with Crippen molar-refractivity contribution in [1.29, 1.82) is 0 Å². The summed E-state index contributed by atoms with van der Waals surface area (Å²) >= 11 is 1.51. The van der Waals surface area contributed by atoms with Gasteiger partial charge >= 0.3 is 0 Å². The molecule has 1 aromatic rings. The molecule has 0 fully saturated rings. The summed E-state index contributed by atoms with van der Waals surface area (Å²) in [4.78, 5) is 15.6. The second-order valence-corrected chi connectivity index (χ2v) is 4.43. The van der Waals surface area contributed by atoms with Crippen molar-refractivity contribution in [3.05, 3.63) is 12.2 Å². The molecule has 1 atom stereocenters. The summed E-state index contributed by atoms with van der Waals surface area (Å²) in [5.41, 5.74) is 0. The van der Waals surface area contributed by atoms with Crippen LogP contribution in [0.5, 0.6) is 0 Å². The third-order valence-electron chi connectivity index (χ3n) is 2.12. The highest BCUT2D eigenvalue weighted by molar-refractivity contribution is 7.99. The van der Waals surface area contributed by atoms with Gasteiger partial charge < -0.3 is 5.32 Å². The molecule has 0 aliphatic rings. The largest absolute Gasteiger partial charge is 0.346 e. The fourth-order valence-electron chi connectivity index (χ4n) is 1.47. The molecular weight excluding hydrogens is 224 g/mol. The number of hydrogen-bond donors (Lipinski definition) is 1. The highest BCUT2D eigenvalue weighted by Gasteiger charge is 2.14. The lowest BCUT2D eigenvalue weighted by Crippen LogP contribution is -2.30. The van der Waals surface area contributed by atoms with Crippen LogP contribution in [0.2, 0.25) is 0 Å². The van der Waals surface area contributed by atoms with Crippen molar-refractivity contribution < 1.29 is 4.79 Å². The van der Waals surface area contributed by atoms with Gasteiger partial charge in [0.25, 0.3) is 0 Å². The van der Waals surface area contributed by atoms with Gasteiger partial charge in [-0.15, -0.1) is 0 Å². The van der Waals surface area contributed by atoms with Crippen LogP contribution in [0.15, 0.2) is 6.33 Å². The van der Waals surface area contributed by atoms with Crippen LogP contribution in [0.4, 0.5) is 0 Å². The lowest BCUT2D eigenvalue weighted by atomic mass is 10.3. The minimum atomic E-state index is -0.0892. The molecule has 6 heteroatoms. The van der Waals surface area contributed by atoms with Gasteiger partial charge in [0.2, 0.25) is 5.91 Å². The summed E-state index contributed by atoms with van der Waals surface area (Å²) in [6, 6.07) is -0.0892. The number of carbonyl (C=O) groups is 1. The van der Waals surface area contributed by atoms with E-state index in [4.69, 9.17) is 0 Å². The van der Waals surface area contributed by atoms with Gasteiger partial charge in [-0.3, -0.25) is 4.79 Å². The molecule has 0 aromatic carbocycles. The van der Waals surface area contributed by atoms with E-state index in [2.05, 4.69) is 22.3 Å². The summed E-state index contributed by atoms with van der Waals surface area (Å²) in [5.74, 6) is 1.33. The molecule has 0 bridgehead atoms. The normalized spacial score (nSPS) is 12.4. The Morgan fingerprint density at radius 1 is 1.69 bits per heavy atom. The van der Waals surface area contributed by atoms with Crippen molar-refractivity contribution in [3.8, 4) is 0 Å². The molecule has 1 N–H and O–H groups in total. The highest BCUT2D eigenvalue weighted by atomic mass is 32.2. The number of aryl methyl sites for hydroxylation is 1. The molecule has 1 heterocycles. The lowest BCUT2D eigenvalue weighted by Gasteiger charge is -2.13. The second-order valence-electron chi connectivity index (χ2n) is 3.56. The van der Waals surface area contributed by atoms with E-state index >= 15 is 0 Å². The third-order valence-corrected chi connectivity index (χ3v) is 2.67. The number of carbonyl (C=O) groups excluding carboxylic acids is 1. The van der Waals surface area contributed by atoms with E-state index in [9.17, 15) is 4.79 Å². The number of rotatable bonds is 6. The van der Waals surface area contributed by atoms with E-state index in [1.54, 1.807) is 0 Å². The Hall–Kier alpha value is -1.04. The van der Waals surface area contributed by atoms with Crippen molar-refractivity contribution >= 4 is 17.7 Å². The Balaban J connectivity index is 2.61. The molecule has 90 valence electrons. The van der Waals surface area contributed by atoms with E-state index in [0.29, 0.717) is 5.75 Å². The van der Waals surface area contributed by atoms with Crippen molar-refractivity contribution in [1.82, 2.24) is 20.1 Å². The van der Waals surface area contributed by atoms with Crippen LogP contribution in [0.1, 0.15) is 32.1 Å². The molecule has 0 radical (unpaired) electrons. The van der Waals surface area contributed by atoms with Gasteiger partial charge in [-0.05, 0) is 19.6 Å². The van der Waals surface area contributed by atoms with Crippen LogP contribution in [-0.4, -0.2) is 32.7 Å². The molecule has 1 amide bonds. The standard InChI is InChI=1S/C10H18N4OS/c1-4-5-14-10(11-7-12-14)8(2)13-9(15)6-16-3/h7-8H,4-6H2,1-3H3,(H,13,15)/t8-/m1/s1. The van der Waals surface area contributed by atoms with Gasteiger partial charge in [0.15, 0.2) is 0 Å². The fraction of sp³-hybridized carbons (Fsp3) is 0.700. The maximum atomic E-state index is 11.4. The summed E-state index contributed by atoms with van der Waals surface area (Å²) in [6.45, 7) is 4.84. The zero-order chi connectivity index (χ0) is 12.0. The van der Waals surface area contributed by atoms with Gasteiger partial charge in [0.1, 0.15) is 12.2 Å². The maximum absolute atomic E-state index is 11.4. The van der Waals surface area contributed by atoms with Gasteiger partial charge in [-0.2, -0.15) is 16.9 Å². The van der Waals surface area contributed by atoms with E-state index in [1.165, 1.54) is 18.1 Å². The molecule has 5 nitrogen and oxygen atoms in total. The van der Waals surface area contributed by atoms with Crippen molar-refractivity contribution in [2.45, 2.75) is 32.9 Å². The molecular formula is C10H18N4OS. The summed E-state index contributed by atoms with van der Waals surface area (Å²) in [7, 11) is 0. The Labute approximate surface area is 100 Å². The van der Waals surface area contributed by atoms with Crippen LogP contribution >= 0.6 is 11.8 Å². The first-order valence-corrected chi connectivity index (χ1v) is 6.74. The maximum Gasteiger partial charge on any atom is 0.230 e. The van der Waals surface area contributed by atoms with Crippen LogP contribution in [0, 0.1) is 0 Å². The first-order chi connectivity index (χ1) is 7.69. The monoisotopic (exact) mass is 242 g/mol. The molecule has 16 heavy (non-hydrogen) atoms. The van der Waals surface area contributed by atoms with E-state index in [-0.39, 0.29) is 11.9 Å². The topological polar surface area (TPSA) is 59.8 Å². The summed E-state index contributed by atoms with van der Waals surface area (Å²) in [5, 5.41) is 7.03. The number of thioether (sulfide) groups is 1. The van der Waals surface area contributed by atoms with Gasteiger partial charge in [0, 0.05) is 6.54 Å². The molecule has 0 aliphatic heterocycles. The van der Waals surface area contributed by atoms with Crippen molar-refractivity contribution in [2.75, 3.05) is 12.0 Å². The minimum absolute atomic E-state index is 0.0334. The van der Waals surface area contributed by atoms with E-state index in [1.807, 2.05) is 17.9 Å². The predicted molar refractivity (Wildman–Crippen MR) is 65.3 cm³/mol. The molecule has 1 rings (SSSR count). The zero-order valence-corrected chi connectivity index (χ0v) is 10.8. The smallest absolute Gasteiger partial charge is 0.230 e. The van der Waals surface area contributed by atoms with Crippen molar-refractivity contribution in [2.24, 2.45) is 0 Å². The van der Waals surface area contributed by atoms with E-state index < -0.39 is 0 Å². The SMILES string of the molecule is CCCn1ncnc1[C@@H](C)NC(=O)CSC. The predicted octanol–water partition coefficient (Wildman–Crippen LogP) is 1.23. The molecule has 0 unspecified atom stereocenters. The van der Waals surface area contributed by atoms with Crippen LogP contribution in [-0.2, 0) is 11.3 Å². The average molecular weight is 242 g/mol. The number of hydrogen-bond acceptors (Lipinski definition) is 4. The Morgan fingerprint density at radius 3 is 3.06 bits per heavy atom. The second kappa shape index (κ2) is 6.52. The van der Waals surface area contributed by atoms with Crippen LogP contribution < -0.4 is 5.32 Å². The Bertz CT molecular complexity index is 339. The molecule has 0 saturated carbocycles. The lowest BCUT2D eigenvalue weighted by molar-refractivity contribution is -0.119. The number of aromatic nitrogens is 3. The molecule has 0 aliphatic carbocycles. The van der Waals surface area contributed by atoms with Gasteiger partial charge in [0.05, 0.1) is 11.8 Å². The molecule has 1 aromatic heterocycles. The average Bonchev–Trinajstić information content (AvgIpc) is 2.66. The quantitative estimate of drug-likeness (QED) is 0.815. The van der Waals surface area contributed by atoms with E-state index in [0.717, 1.165) is 18.8 Å². The van der Waals surface area contributed by atoms with Crippen LogP contribution in [0.3, 0.4) is 0 Å². The Kier molecular flexibility index (Phi) is 5.31. The summed E-state index contributed by atoms with van der Waals surface area (Å²) in [6.07, 6.45) is 4.44. The summed E-state index contributed by atoms with van der Waals surface area (Å²) < 4.78 is 1.84. The van der Waals surface area contributed by atoms with Crippen LogP contribution in [0.25, 0.3) is 0 Å². The number of nitrogens with one attached hydrogen (secondary N) is 1. The van der Waals surface area contributed by atoms with Gasteiger partial charge in [-0.1, -0.05) is 6.92 Å². The minimum Gasteiger partial charge on any atom is -0.346 e. The van der Waals surface area contributed by atoms with Gasteiger partial charge in [-0.25, -0.2) is 9.67 Å². The fourth-order valence-corrected chi connectivity index (χ4v) is 1.82. The van der Waals surface area contributed by atoms with Crippen molar-refractivity contribution in [3.63, 3.8) is 0 Å².